The molecule has 146 valence electrons. The number of hydrogen-bond acceptors (Lipinski definition) is 5. The van der Waals surface area contributed by atoms with Gasteiger partial charge < -0.3 is 10.1 Å². The Bertz CT molecular complexity index is 876. The molecule has 1 atom stereocenters. The number of amides is 1. The smallest absolute Gasteiger partial charge is 0.239 e. The normalized spacial score (nSPS) is 18.2. The zero-order valence-corrected chi connectivity index (χ0v) is 17.2. The van der Waals surface area contributed by atoms with E-state index in [9.17, 15) is 4.79 Å². The van der Waals surface area contributed by atoms with Gasteiger partial charge in [0.05, 0.1) is 18.1 Å². The molecule has 1 fully saturated rings. The Morgan fingerprint density at radius 3 is 2.64 bits per heavy atom. The lowest BCUT2D eigenvalue weighted by atomic mass is 10.0. The number of hydrogen-bond donors (Lipinski definition) is 1. The van der Waals surface area contributed by atoms with Crippen LogP contribution in [0.1, 0.15) is 43.4 Å². The second-order valence-electron chi connectivity index (χ2n) is 6.82. The van der Waals surface area contributed by atoms with E-state index < -0.39 is 0 Å². The highest BCUT2D eigenvalue weighted by atomic mass is 32.2. The van der Waals surface area contributed by atoms with Gasteiger partial charge in [0.25, 0.3) is 0 Å². The van der Waals surface area contributed by atoms with Gasteiger partial charge >= 0.3 is 0 Å². The van der Waals surface area contributed by atoms with Gasteiger partial charge in [-0.05, 0) is 42.5 Å². The SMILES string of the molecule is CCOc1ccccc1/C=N/N=C1\NC(=O)C(Cc2ccc(C(C)C)cc2)S1. The van der Waals surface area contributed by atoms with Crippen LogP contribution in [-0.2, 0) is 11.2 Å². The Morgan fingerprint density at radius 1 is 1.18 bits per heavy atom. The Morgan fingerprint density at radius 2 is 1.93 bits per heavy atom. The van der Waals surface area contributed by atoms with Crippen molar-refractivity contribution in [3.63, 3.8) is 0 Å². The van der Waals surface area contributed by atoms with Crippen molar-refractivity contribution in [1.29, 1.82) is 0 Å². The van der Waals surface area contributed by atoms with Crippen LogP contribution in [0.15, 0.2) is 58.7 Å². The average molecular weight is 396 g/mol. The average Bonchev–Trinajstić information content (AvgIpc) is 3.03. The minimum atomic E-state index is -0.186. The van der Waals surface area contributed by atoms with Crippen LogP contribution in [0.5, 0.6) is 5.75 Å². The molecule has 0 spiro atoms. The van der Waals surface area contributed by atoms with Crippen LogP contribution in [0.3, 0.4) is 0 Å². The summed E-state index contributed by atoms with van der Waals surface area (Å²) in [4.78, 5) is 12.3. The first kappa shape index (κ1) is 20.1. The number of amidine groups is 1. The summed E-state index contributed by atoms with van der Waals surface area (Å²) >= 11 is 1.42. The summed E-state index contributed by atoms with van der Waals surface area (Å²) in [6, 6.07) is 16.1. The minimum Gasteiger partial charge on any atom is -0.493 e. The highest BCUT2D eigenvalue weighted by molar-refractivity contribution is 8.15. The van der Waals surface area contributed by atoms with Crippen molar-refractivity contribution in [3.8, 4) is 5.75 Å². The molecule has 1 saturated heterocycles. The van der Waals surface area contributed by atoms with E-state index in [1.807, 2.05) is 31.2 Å². The van der Waals surface area contributed by atoms with E-state index in [4.69, 9.17) is 4.74 Å². The molecule has 1 unspecified atom stereocenters. The molecule has 1 N–H and O–H groups in total. The van der Waals surface area contributed by atoms with Gasteiger partial charge in [0.2, 0.25) is 5.91 Å². The van der Waals surface area contributed by atoms with Crippen LogP contribution in [0, 0.1) is 0 Å². The number of carbonyl (C=O) groups is 1. The Labute approximate surface area is 170 Å². The first-order valence-electron chi connectivity index (χ1n) is 9.46. The molecule has 2 aromatic carbocycles. The zero-order valence-electron chi connectivity index (χ0n) is 16.4. The number of carbonyl (C=O) groups excluding carboxylic acids is 1. The fourth-order valence-corrected chi connectivity index (χ4v) is 3.82. The molecule has 6 heteroatoms. The number of ether oxygens (including phenoxy) is 1. The van der Waals surface area contributed by atoms with Gasteiger partial charge in [-0.3, -0.25) is 4.79 Å². The molecule has 0 radical (unpaired) electrons. The summed E-state index contributed by atoms with van der Waals surface area (Å²) in [6.45, 7) is 6.87. The molecule has 1 aliphatic heterocycles. The summed E-state index contributed by atoms with van der Waals surface area (Å²) in [6.07, 6.45) is 2.31. The summed E-state index contributed by atoms with van der Waals surface area (Å²) < 4.78 is 5.57. The fourth-order valence-electron chi connectivity index (χ4n) is 2.86. The predicted molar refractivity (Wildman–Crippen MR) is 116 cm³/mol. The van der Waals surface area contributed by atoms with Gasteiger partial charge in [0.1, 0.15) is 5.75 Å². The van der Waals surface area contributed by atoms with Crippen LogP contribution in [0.25, 0.3) is 0 Å². The first-order chi connectivity index (χ1) is 13.6. The van der Waals surface area contributed by atoms with Crippen LogP contribution in [0.4, 0.5) is 0 Å². The number of nitrogens with zero attached hydrogens (tertiary/aromatic N) is 2. The fraction of sp³-hybridized carbons (Fsp3) is 0.318. The summed E-state index contributed by atoms with van der Waals surface area (Å²) in [5, 5.41) is 11.4. The van der Waals surface area contributed by atoms with Gasteiger partial charge in [-0.2, -0.15) is 5.10 Å². The summed E-state index contributed by atoms with van der Waals surface area (Å²) in [7, 11) is 0. The second-order valence-corrected chi connectivity index (χ2v) is 8.01. The highest BCUT2D eigenvalue weighted by Gasteiger charge is 2.30. The molecular weight excluding hydrogens is 370 g/mol. The van der Waals surface area contributed by atoms with Crippen molar-refractivity contribution >= 4 is 29.1 Å². The quantitative estimate of drug-likeness (QED) is 0.559. The molecular formula is C22H25N3O2S. The lowest BCUT2D eigenvalue weighted by Crippen LogP contribution is -2.25. The van der Waals surface area contributed by atoms with Crippen LogP contribution < -0.4 is 10.1 Å². The van der Waals surface area contributed by atoms with E-state index in [1.165, 1.54) is 17.3 Å². The van der Waals surface area contributed by atoms with Gasteiger partial charge in [0.15, 0.2) is 5.17 Å². The first-order valence-corrected chi connectivity index (χ1v) is 10.3. The van der Waals surface area contributed by atoms with E-state index in [0.29, 0.717) is 24.1 Å². The Balaban J connectivity index is 1.62. The van der Waals surface area contributed by atoms with E-state index in [1.54, 1.807) is 6.21 Å². The van der Waals surface area contributed by atoms with Gasteiger partial charge in [-0.1, -0.05) is 62.0 Å². The maximum absolute atomic E-state index is 12.3. The van der Waals surface area contributed by atoms with Gasteiger partial charge in [-0.15, -0.1) is 5.10 Å². The summed E-state index contributed by atoms with van der Waals surface area (Å²) in [5.74, 6) is 1.24. The number of nitrogens with one attached hydrogen (secondary N) is 1. The van der Waals surface area contributed by atoms with Crippen LogP contribution in [-0.4, -0.2) is 29.1 Å². The van der Waals surface area contributed by atoms with Crippen LogP contribution in [0.2, 0.25) is 0 Å². The lowest BCUT2D eigenvalue weighted by Gasteiger charge is -2.08. The summed E-state index contributed by atoms with van der Waals surface area (Å²) in [5.41, 5.74) is 3.30. The largest absolute Gasteiger partial charge is 0.493 e. The van der Waals surface area contributed by atoms with Crippen LogP contribution >= 0.6 is 11.8 Å². The van der Waals surface area contributed by atoms with E-state index in [0.717, 1.165) is 16.9 Å². The van der Waals surface area contributed by atoms with Gasteiger partial charge in [-0.25, -0.2) is 0 Å². The standard InChI is InChI=1S/C22H25N3O2S/c1-4-27-19-8-6-5-7-18(19)14-23-25-22-24-21(26)20(28-22)13-16-9-11-17(12-10-16)15(2)3/h5-12,14-15,20H,4,13H2,1-3H3,(H,24,25,26)/b23-14+. The van der Waals surface area contributed by atoms with Crippen molar-refractivity contribution in [2.24, 2.45) is 10.2 Å². The zero-order chi connectivity index (χ0) is 19.9. The van der Waals surface area contributed by atoms with Crippen molar-refractivity contribution in [2.45, 2.75) is 38.4 Å². The van der Waals surface area contributed by atoms with E-state index in [2.05, 4.69) is 53.6 Å². The molecule has 1 heterocycles. The molecule has 0 saturated carbocycles. The molecule has 28 heavy (non-hydrogen) atoms. The van der Waals surface area contributed by atoms with E-state index >= 15 is 0 Å². The number of rotatable bonds is 7. The van der Waals surface area contributed by atoms with Crippen molar-refractivity contribution in [2.75, 3.05) is 6.61 Å². The molecule has 2 aromatic rings. The predicted octanol–water partition coefficient (Wildman–Crippen LogP) is 4.37. The monoisotopic (exact) mass is 395 g/mol. The minimum absolute atomic E-state index is 0.0263. The Hall–Kier alpha value is -2.60. The third-order valence-electron chi connectivity index (χ3n) is 4.41. The maximum atomic E-state index is 12.3. The second kappa shape index (κ2) is 9.55. The van der Waals surface area contributed by atoms with Gasteiger partial charge in [0, 0.05) is 5.56 Å². The molecule has 0 aromatic heterocycles. The molecule has 1 aliphatic rings. The number of benzene rings is 2. The molecule has 0 bridgehead atoms. The highest BCUT2D eigenvalue weighted by Crippen LogP contribution is 2.24. The number of thioether (sulfide) groups is 1. The van der Waals surface area contributed by atoms with Crippen molar-refractivity contribution in [3.05, 3.63) is 65.2 Å². The van der Waals surface area contributed by atoms with Crippen molar-refractivity contribution < 1.29 is 9.53 Å². The third kappa shape index (κ3) is 5.23. The molecule has 0 aliphatic carbocycles. The lowest BCUT2D eigenvalue weighted by molar-refractivity contribution is -0.118. The topological polar surface area (TPSA) is 63.1 Å². The van der Waals surface area contributed by atoms with Crippen molar-refractivity contribution in [1.82, 2.24) is 5.32 Å². The Kier molecular flexibility index (Phi) is 6.87. The molecule has 1 amide bonds. The number of para-hydroxylation sites is 1. The molecule has 5 nitrogen and oxygen atoms in total. The molecule has 3 rings (SSSR count). The van der Waals surface area contributed by atoms with E-state index in [-0.39, 0.29) is 11.2 Å². The maximum Gasteiger partial charge on any atom is 0.239 e. The third-order valence-corrected chi connectivity index (χ3v) is 5.48.